The highest BCUT2D eigenvalue weighted by atomic mass is 16.3. The number of amides is 1. The van der Waals surface area contributed by atoms with Crippen LogP contribution in [-0.2, 0) is 11.8 Å². The van der Waals surface area contributed by atoms with Crippen LogP contribution in [0.2, 0.25) is 0 Å². The molecule has 5 heteroatoms. The average Bonchev–Trinajstić information content (AvgIpc) is 2.59. The monoisotopic (exact) mass is 237 g/mol. The fourth-order valence-corrected chi connectivity index (χ4v) is 1.57. The smallest absolute Gasteiger partial charge is 0.244 e. The van der Waals surface area contributed by atoms with Crippen LogP contribution < -0.4 is 5.32 Å². The van der Waals surface area contributed by atoms with Gasteiger partial charge in [0, 0.05) is 25.4 Å². The van der Waals surface area contributed by atoms with Crippen molar-refractivity contribution in [1.29, 1.82) is 0 Å². The highest BCUT2D eigenvalue weighted by Crippen LogP contribution is 2.00. The lowest BCUT2D eigenvalue weighted by molar-refractivity contribution is -0.117. The molecule has 0 fully saturated rings. The molecule has 1 aromatic heterocycles. The summed E-state index contributed by atoms with van der Waals surface area (Å²) in [5.74, 6) is -0.167. The van der Waals surface area contributed by atoms with Crippen molar-refractivity contribution >= 4 is 12.0 Å². The Labute approximate surface area is 101 Å². The van der Waals surface area contributed by atoms with E-state index in [2.05, 4.69) is 10.4 Å². The first-order valence-corrected chi connectivity index (χ1v) is 5.63. The van der Waals surface area contributed by atoms with Crippen LogP contribution in [0.4, 0.5) is 0 Å². The van der Waals surface area contributed by atoms with Crippen molar-refractivity contribution in [3.63, 3.8) is 0 Å². The molecular weight excluding hydrogens is 218 g/mol. The van der Waals surface area contributed by atoms with Crippen LogP contribution in [0.3, 0.4) is 0 Å². The third-order valence-corrected chi connectivity index (χ3v) is 2.35. The van der Waals surface area contributed by atoms with E-state index in [0.29, 0.717) is 6.42 Å². The number of carbonyl (C=O) groups is 1. The summed E-state index contributed by atoms with van der Waals surface area (Å²) in [4.78, 5) is 11.5. The molecule has 1 heterocycles. The minimum atomic E-state index is -0.411. The topological polar surface area (TPSA) is 67.2 Å². The van der Waals surface area contributed by atoms with Gasteiger partial charge in [-0.1, -0.05) is 0 Å². The number of carbonyl (C=O) groups excluding carboxylic acids is 1. The van der Waals surface area contributed by atoms with Crippen LogP contribution in [-0.4, -0.2) is 32.9 Å². The Morgan fingerprint density at radius 2 is 2.35 bits per heavy atom. The molecule has 0 radical (unpaired) electrons. The summed E-state index contributed by atoms with van der Waals surface area (Å²) in [5.41, 5.74) is 0.864. The zero-order chi connectivity index (χ0) is 12.8. The van der Waals surface area contributed by atoms with Gasteiger partial charge < -0.3 is 10.4 Å². The molecule has 0 saturated heterocycles. The molecule has 0 aromatic carbocycles. The van der Waals surface area contributed by atoms with Crippen molar-refractivity contribution in [1.82, 2.24) is 15.1 Å². The summed E-state index contributed by atoms with van der Waals surface area (Å²) in [6, 6.07) is 1.78. The highest BCUT2D eigenvalue weighted by Gasteiger charge is 2.07. The van der Waals surface area contributed by atoms with Gasteiger partial charge in [-0.2, -0.15) is 5.10 Å². The van der Waals surface area contributed by atoms with Crippen molar-refractivity contribution in [2.45, 2.75) is 32.4 Å². The van der Waals surface area contributed by atoms with Gasteiger partial charge in [0.2, 0.25) is 5.91 Å². The van der Waals surface area contributed by atoms with Crippen molar-refractivity contribution in [3.8, 4) is 0 Å². The first-order valence-electron chi connectivity index (χ1n) is 5.63. The molecule has 17 heavy (non-hydrogen) atoms. The summed E-state index contributed by atoms with van der Waals surface area (Å²) in [6.07, 6.45) is 4.98. The van der Waals surface area contributed by atoms with E-state index < -0.39 is 6.10 Å². The number of aliphatic hydroxyl groups excluding tert-OH is 1. The van der Waals surface area contributed by atoms with Gasteiger partial charge in [0.1, 0.15) is 0 Å². The third-order valence-electron chi connectivity index (χ3n) is 2.35. The first-order chi connectivity index (χ1) is 7.99. The van der Waals surface area contributed by atoms with Gasteiger partial charge in [-0.15, -0.1) is 0 Å². The second-order valence-electron chi connectivity index (χ2n) is 4.21. The van der Waals surface area contributed by atoms with E-state index in [1.807, 2.05) is 20.0 Å². The summed E-state index contributed by atoms with van der Waals surface area (Å²) in [7, 11) is 1.81. The van der Waals surface area contributed by atoms with Crippen LogP contribution in [0, 0.1) is 0 Å². The lowest BCUT2D eigenvalue weighted by Crippen LogP contribution is -2.33. The number of rotatable bonds is 5. The molecule has 0 bridgehead atoms. The molecule has 5 nitrogen and oxygen atoms in total. The predicted octanol–water partition coefficient (Wildman–Crippen LogP) is 0.709. The van der Waals surface area contributed by atoms with Crippen molar-refractivity contribution in [2.75, 3.05) is 0 Å². The lowest BCUT2D eigenvalue weighted by Gasteiger charge is -2.13. The van der Waals surface area contributed by atoms with Gasteiger partial charge in [0.05, 0.1) is 11.8 Å². The average molecular weight is 237 g/mol. The van der Waals surface area contributed by atoms with E-state index in [-0.39, 0.29) is 11.9 Å². The first kappa shape index (κ1) is 13.4. The van der Waals surface area contributed by atoms with Crippen LogP contribution >= 0.6 is 0 Å². The third kappa shape index (κ3) is 4.82. The molecule has 1 aromatic rings. The SMILES string of the molecule is CC(O)CC(C)NC(=O)/C=C/c1ccnn1C. The minimum Gasteiger partial charge on any atom is -0.393 e. The van der Waals surface area contributed by atoms with Gasteiger partial charge in [-0.3, -0.25) is 9.48 Å². The number of aryl methyl sites for hydroxylation is 1. The van der Waals surface area contributed by atoms with Crippen LogP contribution in [0.15, 0.2) is 18.3 Å². The molecule has 0 aliphatic heterocycles. The summed E-state index contributed by atoms with van der Waals surface area (Å²) < 4.78 is 1.68. The molecule has 0 aliphatic carbocycles. The number of aromatic nitrogens is 2. The number of hydrogen-bond acceptors (Lipinski definition) is 3. The molecule has 0 saturated carbocycles. The summed E-state index contributed by atoms with van der Waals surface area (Å²) in [6.45, 7) is 3.57. The Morgan fingerprint density at radius 3 is 2.88 bits per heavy atom. The summed E-state index contributed by atoms with van der Waals surface area (Å²) >= 11 is 0. The molecule has 94 valence electrons. The second kappa shape index (κ2) is 6.20. The Kier molecular flexibility index (Phi) is 4.90. The van der Waals surface area contributed by atoms with Crippen molar-refractivity contribution in [3.05, 3.63) is 24.0 Å². The normalized spacial score (nSPS) is 14.8. The zero-order valence-corrected chi connectivity index (χ0v) is 10.4. The van der Waals surface area contributed by atoms with E-state index in [1.165, 1.54) is 6.08 Å². The highest BCUT2D eigenvalue weighted by molar-refractivity contribution is 5.91. The van der Waals surface area contributed by atoms with E-state index in [0.717, 1.165) is 5.69 Å². The van der Waals surface area contributed by atoms with Crippen LogP contribution in [0.1, 0.15) is 26.0 Å². The second-order valence-corrected chi connectivity index (χ2v) is 4.21. The van der Waals surface area contributed by atoms with Gasteiger partial charge >= 0.3 is 0 Å². The quantitative estimate of drug-likeness (QED) is 0.741. The molecule has 2 unspecified atom stereocenters. The number of nitrogens with zero attached hydrogens (tertiary/aromatic N) is 2. The Morgan fingerprint density at radius 1 is 1.65 bits per heavy atom. The maximum atomic E-state index is 11.5. The van der Waals surface area contributed by atoms with Gasteiger partial charge in [-0.25, -0.2) is 0 Å². The van der Waals surface area contributed by atoms with Crippen LogP contribution in [0.5, 0.6) is 0 Å². The Bertz CT molecular complexity index is 396. The molecule has 2 N–H and O–H groups in total. The van der Waals surface area contributed by atoms with E-state index >= 15 is 0 Å². The Hall–Kier alpha value is -1.62. The van der Waals surface area contributed by atoms with E-state index in [4.69, 9.17) is 0 Å². The van der Waals surface area contributed by atoms with E-state index in [9.17, 15) is 9.90 Å². The molecule has 1 rings (SSSR count). The molecule has 0 spiro atoms. The fourth-order valence-electron chi connectivity index (χ4n) is 1.57. The van der Waals surface area contributed by atoms with Crippen molar-refractivity contribution in [2.24, 2.45) is 7.05 Å². The predicted molar refractivity (Wildman–Crippen MR) is 66.1 cm³/mol. The van der Waals surface area contributed by atoms with E-state index in [1.54, 1.807) is 23.9 Å². The van der Waals surface area contributed by atoms with Crippen LogP contribution in [0.25, 0.3) is 6.08 Å². The molecular formula is C12H19N3O2. The Balaban J connectivity index is 2.45. The van der Waals surface area contributed by atoms with Crippen molar-refractivity contribution < 1.29 is 9.90 Å². The van der Waals surface area contributed by atoms with Gasteiger partial charge in [0.25, 0.3) is 0 Å². The lowest BCUT2D eigenvalue weighted by atomic mass is 10.1. The minimum absolute atomic E-state index is 0.0429. The number of nitrogens with one attached hydrogen (secondary N) is 1. The zero-order valence-electron chi connectivity index (χ0n) is 10.4. The maximum Gasteiger partial charge on any atom is 0.244 e. The number of aliphatic hydroxyl groups is 1. The standard InChI is InChI=1S/C12H19N3O2/c1-9(8-10(2)16)14-12(17)5-4-11-6-7-13-15(11)3/h4-7,9-10,16H,8H2,1-3H3,(H,14,17)/b5-4+. The fraction of sp³-hybridized carbons (Fsp3) is 0.500. The van der Waals surface area contributed by atoms with Gasteiger partial charge in [-0.05, 0) is 32.4 Å². The molecule has 0 aliphatic rings. The van der Waals surface area contributed by atoms with Gasteiger partial charge in [0.15, 0.2) is 0 Å². The number of hydrogen-bond donors (Lipinski definition) is 2. The maximum absolute atomic E-state index is 11.5. The molecule has 1 amide bonds. The molecule has 2 atom stereocenters. The largest absolute Gasteiger partial charge is 0.393 e. The summed E-state index contributed by atoms with van der Waals surface area (Å²) in [5, 5.41) is 15.9.